The number of methoxy groups -OCH3 is 1. The van der Waals surface area contributed by atoms with Crippen molar-refractivity contribution < 1.29 is 93.2 Å². The van der Waals surface area contributed by atoms with Gasteiger partial charge in [0.1, 0.15) is 11.6 Å². The van der Waals surface area contributed by atoms with Crippen LogP contribution in [0.15, 0.2) is 11.3 Å². The molecule has 1 aliphatic heterocycles. The molecule has 0 aromatic rings. The maximum absolute atomic E-state index is 12.0. The fourth-order valence-electron chi connectivity index (χ4n) is 1.89. The fourth-order valence-corrected chi connectivity index (χ4v) is 1.89. The van der Waals surface area contributed by atoms with Crippen LogP contribution in [0.4, 0.5) is 4.79 Å². The van der Waals surface area contributed by atoms with Gasteiger partial charge in [0.05, 0.1) is 18.7 Å². The Hall–Kier alpha value is -0.250. The van der Waals surface area contributed by atoms with Gasteiger partial charge < -0.3 is 24.5 Å². The van der Waals surface area contributed by atoms with Crippen molar-refractivity contribution in [2.75, 3.05) is 13.7 Å². The molecular formula is C13H17NNa2O7. The number of rotatable bonds is 2. The van der Waals surface area contributed by atoms with Gasteiger partial charge in [-0.25, -0.2) is 9.59 Å². The summed E-state index contributed by atoms with van der Waals surface area (Å²) in [6, 6.07) is -1.81. The maximum atomic E-state index is 12.0. The molecule has 118 valence electrons. The number of carboxylic acids is 1. The Morgan fingerprint density at radius 2 is 1.74 bits per heavy atom. The zero-order valence-electron chi connectivity index (χ0n) is 14.3. The van der Waals surface area contributed by atoms with E-state index in [1.165, 1.54) is 0 Å². The summed E-state index contributed by atoms with van der Waals surface area (Å²) in [6.45, 7) is 4.66. The van der Waals surface area contributed by atoms with Gasteiger partial charge in [-0.15, -0.1) is 5.76 Å². The van der Waals surface area contributed by atoms with Crippen molar-refractivity contribution in [1.29, 1.82) is 0 Å². The molecule has 1 amide bonds. The van der Waals surface area contributed by atoms with Crippen molar-refractivity contribution in [3.63, 3.8) is 0 Å². The predicted octanol–water partition coefficient (Wildman–Crippen LogP) is -7.46. The number of aliphatic carboxylic acids is 1. The third-order valence-corrected chi connectivity index (χ3v) is 2.72. The third-order valence-electron chi connectivity index (χ3n) is 2.72. The predicted molar refractivity (Wildman–Crippen MR) is 65.4 cm³/mol. The minimum atomic E-state index is -1.81. The second kappa shape index (κ2) is 9.90. The van der Waals surface area contributed by atoms with Crippen LogP contribution in [-0.2, 0) is 19.1 Å². The summed E-state index contributed by atoms with van der Waals surface area (Å²) in [5, 5.41) is 23.0. The van der Waals surface area contributed by atoms with Crippen LogP contribution in [0.5, 0.6) is 0 Å². The van der Waals surface area contributed by atoms with Gasteiger partial charge in [-0.1, -0.05) is 0 Å². The topological polar surface area (TPSA) is 119 Å². The van der Waals surface area contributed by atoms with Crippen LogP contribution in [0.3, 0.4) is 0 Å². The number of hydrogen-bond donors (Lipinski definition) is 0. The van der Waals surface area contributed by atoms with E-state index < -0.39 is 41.0 Å². The van der Waals surface area contributed by atoms with Gasteiger partial charge in [-0.3, -0.25) is 4.90 Å². The van der Waals surface area contributed by atoms with Crippen molar-refractivity contribution in [1.82, 2.24) is 4.90 Å². The Morgan fingerprint density at radius 3 is 2.13 bits per heavy atom. The van der Waals surface area contributed by atoms with E-state index in [1.54, 1.807) is 20.8 Å². The van der Waals surface area contributed by atoms with Crippen molar-refractivity contribution in [3.8, 4) is 0 Å². The molecule has 1 rings (SSSR count). The van der Waals surface area contributed by atoms with Crippen LogP contribution < -0.4 is 69.3 Å². The monoisotopic (exact) mass is 345 g/mol. The molecule has 1 atom stereocenters. The molecule has 0 N–H and O–H groups in total. The van der Waals surface area contributed by atoms with E-state index in [2.05, 4.69) is 4.74 Å². The molecule has 8 nitrogen and oxygen atoms in total. The first kappa shape index (κ1) is 25.0. The molecule has 0 bridgehead atoms. The van der Waals surface area contributed by atoms with Crippen molar-refractivity contribution >= 4 is 18.0 Å². The number of amides is 1. The minimum absolute atomic E-state index is 0. The summed E-state index contributed by atoms with van der Waals surface area (Å²) in [6.07, 6.45) is -1.13. The van der Waals surface area contributed by atoms with Gasteiger partial charge >= 0.3 is 71.2 Å². The molecule has 0 spiro atoms. The van der Waals surface area contributed by atoms with Crippen molar-refractivity contribution in [2.45, 2.75) is 38.8 Å². The molecule has 23 heavy (non-hydrogen) atoms. The number of carbonyl (C=O) groups excluding carboxylic acids is 3. The average Bonchev–Trinajstić information content (AvgIpc) is 2.34. The molecule has 1 heterocycles. The molecule has 0 saturated heterocycles. The Bertz CT molecular complexity index is 499. The number of hydrogen-bond acceptors (Lipinski definition) is 7. The number of ether oxygens (including phenoxy) is 2. The molecule has 0 unspecified atom stereocenters. The Labute approximate surface area is 178 Å². The number of esters is 1. The largest absolute Gasteiger partial charge is 1.00 e. The summed E-state index contributed by atoms with van der Waals surface area (Å²) in [4.78, 5) is 35.7. The Morgan fingerprint density at radius 1 is 1.22 bits per heavy atom. The van der Waals surface area contributed by atoms with E-state index in [0.717, 1.165) is 12.0 Å². The van der Waals surface area contributed by atoms with E-state index in [-0.39, 0.29) is 72.1 Å². The summed E-state index contributed by atoms with van der Waals surface area (Å²) in [5.41, 5.74) is -1.48. The normalized spacial score (nSPS) is 17.6. The van der Waals surface area contributed by atoms with Crippen LogP contribution in [0.25, 0.3) is 0 Å². The maximum Gasteiger partial charge on any atom is 1.00 e. The van der Waals surface area contributed by atoms with Crippen LogP contribution >= 0.6 is 0 Å². The van der Waals surface area contributed by atoms with Gasteiger partial charge in [0.25, 0.3) is 0 Å². The van der Waals surface area contributed by atoms with E-state index in [9.17, 15) is 24.6 Å². The van der Waals surface area contributed by atoms with Crippen LogP contribution in [0.2, 0.25) is 0 Å². The molecule has 1 aliphatic rings. The first-order valence-corrected chi connectivity index (χ1v) is 6.27. The standard InChI is InChI=1S/C13H19NO7.2Na/c1-13(2,3)21-12(19)14-6-5-7(15)8(11(18)20-4)9(14)10(16)17;;/h9,15H,5-6H2,1-4H3,(H,16,17);;/q;2*+1/p-2/t9-;;/m0../s1. The molecular weight excluding hydrogens is 328 g/mol. The molecule has 0 radical (unpaired) electrons. The van der Waals surface area contributed by atoms with Gasteiger partial charge in [-0.2, -0.15) is 0 Å². The quantitative estimate of drug-likeness (QED) is 0.360. The van der Waals surface area contributed by atoms with Crippen molar-refractivity contribution in [3.05, 3.63) is 11.3 Å². The first-order chi connectivity index (χ1) is 9.58. The summed E-state index contributed by atoms with van der Waals surface area (Å²) < 4.78 is 9.48. The molecule has 0 saturated carbocycles. The van der Waals surface area contributed by atoms with E-state index in [1.807, 2.05) is 0 Å². The van der Waals surface area contributed by atoms with E-state index in [0.29, 0.717) is 0 Å². The van der Waals surface area contributed by atoms with Gasteiger partial charge in [-0.05, 0) is 27.2 Å². The van der Waals surface area contributed by atoms with Crippen LogP contribution in [-0.4, -0.2) is 48.2 Å². The van der Waals surface area contributed by atoms with Crippen molar-refractivity contribution in [2.24, 2.45) is 0 Å². The molecule has 0 fully saturated rings. The zero-order valence-corrected chi connectivity index (χ0v) is 18.3. The van der Waals surface area contributed by atoms with E-state index in [4.69, 9.17) is 4.74 Å². The third kappa shape index (κ3) is 6.64. The molecule has 0 aromatic heterocycles. The number of carboxylic acid groups (broad SMARTS) is 1. The second-order valence-electron chi connectivity index (χ2n) is 5.47. The Balaban J connectivity index is 0. The van der Waals surface area contributed by atoms with Gasteiger partial charge in [0, 0.05) is 6.54 Å². The molecule has 0 aliphatic carbocycles. The van der Waals surface area contributed by atoms with Gasteiger partial charge in [0.2, 0.25) is 0 Å². The van der Waals surface area contributed by atoms with Crippen LogP contribution in [0, 0.1) is 0 Å². The molecule has 0 aromatic carbocycles. The number of nitrogens with zero attached hydrogens (tertiary/aromatic N) is 1. The fraction of sp³-hybridized carbons (Fsp3) is 0.615. The zero-order chi connectivity index (χ0) is 16.4. The van der Waals surface area contributed by atoms with Gasteiger partial charge in [0.15, 0.2) is 0 Å². The smallest absolute Gasteiger partial charge is 0.875 e. The Kier molecular flexibility index (Phi) is 10.8. The summed E-state index contributed by atoms with van der Waals surface area (Å²) in [7, 11) is 1.02. The molecule has 10 heteroatoms. The van der Waals surface area contributed by atoms with Crippen LogP contribution in [0.1, 0.15) is 27.2 Å². The SMILES string of the molecule is COC(=O)C1=C([O-])CCN(C(=O)OC(C)(C)C)[C@@H]1C(=O)[O-].[Na+].[Na+]. The first-order valence-electron chi connectivity index (χ1n) is 6.27. The summed E-state index contributed by atoms with van der Waals surface area (Å²) >= 11 is 0. The summed E-state index contributed by atoms with van der Waals surface area (Å²) in [5.74, 6) is -3.52. The van der Waals surface area contributed by atoms with E-state index >= 15 is 0 Å². The number of carbonyl (C=O) groups is 3. The second-order valence-corrected chi connectivity index (χ2v) is 5.47. The minimum Gasteiger partial charge on any atom is -0.875 e. The average molecular weight is 345 g/mol.